The van der Waals surface area contributed by atoms with Gasteiger partial charge in [-0.25, -0.2) is 12.7 Å². The highest BCUT2D eigenvalue weighted by Crippen LogP contribution is 2.41. The van der Waals surface area contributed by atoms with Gasteiger partial charge in [-0.2, -0.15) is 0 Å². The fourth-order valence-electron chi connectivity index (χ4n) is 4.53. The van der Waals surface area contributed by atoms with E-state index >= 15 is 0 Å². The fourth-order valence-corrected chi connectivity index (χ4v) is 6.03. The van der Waals surface area contributed by atoms with E-state index in [2.05, 4.69) is 5.32 Å². The van der Waals surface area contributed by atoms with Crippen LogP contribution in [0.25, 0.3) is 0 Å². The SMILES string of the molecule is Cc1ccc(S(=O)(=O)N2C(=O)[C@](NC(=O)c3ccccc3)(c3ccccc3)Cc3ccccc32)cc1. The molecule has 4 aromatic carbocycles. The van der Waals surface area contributed by atoms with Crippen LogP contribution in [-0.4, -0.2) is 20.2 Å². The molecule has 0 aliphatic carbocycles. The van der Waals surface area contributed by atoms with Crippen molar-refractivity contribution >= 4 is 27.5 Å². The van der Waals surface area contributed by atoms with E-state index in [4.69, 9.17) is 0 Å². The Morgan fingerprint density at radius 1 is 0.806 bits per heavy atom. The van der Waals surface area contributed by atoms with Gasteiger partial charge in [-0.05, 0) is 48.4 Å². The van der Waals surface area contributed by atoms with Crippen molar-refractivity contribution < 1.29 is 18.0 Å². The number of anilines is 1. The van der Waals surface area contributed by atoms with Crippen LogP contribution in [0.1, 0.15) is 27.0 Å². The predicted molar refractivity (Wildman–Crippen MR) is 138 cm³/mol. The molecule has 2 amide bonds. The lowest BCUT2D eigenvalue weighted by molar-refractivity contribution is -0.124. The van der Waals surface area contributed by atoms with Gasteiger partial charge in [0.15, 0.2) is 5.54 Å². The number of sulfonamides is 1. The molecule has 5 rings (SSSR count). The van der Waals surface area contributed by atoms with Gasteiger partial charge >= 0.3 is 0 Å². The average Bonchev–Trinajstić information content (AvgIpc) is 2.90. The van der Waals surface area contributed by atoms with Gasteiger partial charge in [0.2, 0.25) is 0 Å². The van der Waals surface area contributed by atoms with E-state index in [1.807, 2.05) is 6.92 Å². The van der Waals surface area contributed by atoms with Crippen molar-refractivity contribution in [3.8, 4) is 0 Å². The molecule has 0 radical (unpaired) electrons. The van der Waals surface area contributed by atoms with Crippen LogP contribution < -0.4 is 9.62 Å². The number of rotatable bonds is 5. The number of hydrogen-bond acceptors (Lipinski definition) is 4. The Labute approximate surface area is 210 Å². The summed E-state index contributed by atoms with van der Waals surface area (Å²) in [6, 6.07) is 30.6. The molecule has 4 aromatic rings. The first-order valence-corrected chi connectivity index (χ1v) is 12.9. The lowest BCUT2D eigenvalue weighted by atomic mass is 9.79. The molecule has 0 fully saturated rings. The first-order chi connectivity index (χ1) is 17.3. The Kier molecular flexibility index (Phi) is 5.94. The predicted octanol–water partition coefficient (Wildman–Crippen LogP) is 4.60. The summed E-state index contributed by atoms with van der Waals surface area (Å²) in [5, 5.41) is 2.92. The van der Waals surface area contributed by atoms with E-state index in [0.717, 1.165) is 9.87 Å². The third-order valence-electron chi connectivity index (χ3n) is 6.40. The number of carbonyl (C=O) groups excluding carboxylic acids is 2. The number of hydrogen-bond donors (Lipinski definition) is 1. The van der Waals surface area contributed by atoms with Crippen LogP contribution in [-0.2, 0) is 26.8 Å². The number of nitrogens with zero attached hydrogens (tertiary/aromatic N) is 1. The molecule has 0 saturated carbocycles. The first kappa shape index (κ1) is 23.5. The fraction of sp³-hybridized carbons (Fsp3) is 0.103. The van der Waals surface area contributed by atoms with E-state index in [0.29, 0.717) is 16.7 Å². The van der Waals surface area contributed by atoms with E-state index in [9.17, 15) is 18.0 Å². The topological polar surface area (TPSA) is 83.6 Å². The Bertz CT molecular complexity index is 1540. The molecule has 0 saturated heterocycles. The van der Waals surface area contributed by atoms with Gasteiger partial charge in [0.05, 0.1) is 10.6 Å². The van der Waals surface area contributed by atoms with Crippen LogP contribution >= 0.6 is 0 Å². The molecule has 1 N–H and O–H groups in total. The molecule has 1 aliphatic heterocycles. The molecule has 1 aliphatic rings. The quantitative estimate of drug-likeness (QED) is 0.438. The summed E-state index contributed by atoms with van der Waals surface area (Å²) in [5.41, 5.74) is 1.03. The Hall–Kier alpha value is -4.23. The number of carbonyl (C=O) groups is 2. The van der Waals surface area contributed by atoms with Crippen molar-refractivity contribution in [1.29, 1.82) is 0 Å². The van der Waals surface area contributed by atoms with Gasteiger partial charge in [0.25, 0.3) is 21.8 Å². The highest BCUT2D eigenvalue weighted by Gasteiger charge is 2.52. The summed E-state index contributed by atoms with van der Waals surface area (Å²) >= 11 is 0. The number of fused-ring (bicyclic) bond motifs is 1. The summed E-state index contributed by atoms with van der Waals surface area (Å²) in [6.45, 7) is 1.86. The van der Waals surface area contributed by atoms with Crippen LogP contribution in [0.4, 0.5) is 5.69 Å². The lowest BCUT2D eigenvalue weighted by Gasteiger charge is -2.42. The molecule has 7 heteroatoms. The van der Waals surface area contributed by atoms with Crippen LogP contribution in [0.5, 0.6) is 0 Å². The molecule has 180 valence electrons. The maximum atomic E-state index is 14.4. The minimum absolute atomic E-state index is 0.00509. The normalized spacial score (nSPS) is 17.4. The minimum Gasteiger partial charge on any atom is -0.334 e. The zero-order valence-corrected chi connectivity index (χ0v) is 20.4. The zero-order valence-electron chi connectivity index (χ0n) is 19.6. The van der Waals surface area contributed by atoms with Crippen LogP contribution in [0.2, 0.25) is 0 Å². The maximum Gasteiger partial charge on any atom is 0.271 e. The highest BCUT2D eigenvalue weighted by molar-refractivity contribution is 7.93. The number of aryl methyl sites for hydroxylation is 1. The molecular formula is C29H24N2O4S. The van der Waals surface area contributed by atoms with Crippen LogP contribution in [0.15, 0.2) is 114 Å². The number of amides is 2. The Balaban J connectivity index is 1.72. The van der Waals surface area contributed by atoms with Gasteiger partial charge in [-0.15, -0.1) is 0 Å². The Morgan fingerprint density at radius 3 is 2.06 bits per heavy atom. The molecule has 0 bridgehead atoms. The molecule has 6 nitrogen and oxygen atoms in total. The van der Waals surface area contributed by atoms with Crippen molar-refractivity contribution in [2.45, 2.75) is 23.8 Å². The Morgan fingerprint density at radius 2 is 1.39 bits per heavy atom. The summed E-state index contributed by atoms with van der Waals surface area (Å²) in [5.74, 6) is -1.21. The summed E-state index contributed by atoms with van der Waals surface area (Å²) in [7, 11) is -4.29. The maximum absolute atomic E-state index is 14.4. The molecule has 0 aromatic heterocycles. The molecular weight excluding hydrogens is 472 g/mol. The third kappa shape index (κ3) is 3.97. The van der Waals surface area contributed by atoms with Crippen LogP contribution in [0.3, 0.4) is 0 Å². The third-order valence-corrected chi connectivity index (χ3v) is 8.12. The second-order valence-corrected chi connectivity index (χ2v) is 10.6. The minimum atomic E-state index is -4.29. The lowest BCUT2D eigenvalue weighted by Crippen LogP contribution is -2.62. The van der Waals surface area contributed by atoms with Crippen molar-refractivity contribution in [1.82, 2.24) is 5.32 Å². The largest absolute Gasteiger partial charge is 0.334 e. The highest BCUT2D eigenvalue weighted by atomic mass is 32.2. The molecule has 0 unspecified atom stereocenters. The van der Waals surface area contributed by atoms with E-state index < -0.39 is 27.4 Å². The van der Waals surface area contributed by atoms with Crippen LogP contribution in [0, 0.1) is 6.92 Å². The summed E-state index contributed by atoms with van der Waals surface area (Å²) < 4.78 is 28.7. The monoisotopic (exact) mass is 496 g/mol. The van der Waals surface area contributed by atoms with Crippen molar-refractivity contribution in [3.63, 3.8) is 0 Å². The van der Waals surface area contributed by atoms with Crippen molar-refractivity contribution in [2.75, 3.05) is 4.31 Å². The second kappa shape index (κ2) is 9.09. The molecule has 1 atom stereocenters. The second-order valence-electron chi connectivity index (χ2n) is 8.78. The van der Waals surface area contributed by atoms with Gasteiger partial charge < -0.3 is 5.32 Å². The first-order valence-electron chi connectivity index (χ1n) is 11.5. The van der Waals surface area contributed by atoms with E-state index in [1.54, 1.807) is 97.1 Å². The van der Waals surface area contributed by atoms with Crippen molar-refractivity contribution in [2.24, 2.45) is 0 Å². The van der Waals surface area contributed by atoms with Gasteiger partial charge in [-0.3, -0.25) is 9.59 Å². The average molecular weight is 497 g/mol. The van der Waals surface area contributed by atoms with Crippen molar-refractivity contribution in [3.05, 3.63) is 131 Å². The van der Waals surface area contributed by atoms with Gasteiger partial charge in [0, 0.05) is 12.0 Å². The standard InChI is InChI=1S/C29H24N2O4S/c1-21-16-18-25(19-17-21)36(34,35)31-26-15-9-8-12-23(26)20-29(28(31)33,24-13-6-3-7-14-24)30-27(32)22-10-4-2-5-11-22/h2-19H,20H2,1H3,(H,30,32)/t29-/m1/s1. The number of nitrogens with one attached hydrogen (secondary N) is 1. The number of para-hydroxylation sites is 1. The summed E-state index contributed by atoms with van der Waals surface area (Å²) in [6.07, 6.45) is 0.102. The van der Waals surface area contributed by atoms with Gasteiger partial charge in [0.1, 0.15) is 0 Å². The zero-order chi connectivity index (χ0) is 25.3. The van der Waals surface area contributed by atoms with E-state index in [-0.39, 0.29) is 17.0 Å². The van der Waals surface area contributed by atoms with Gasteiger partial charge in [-0.1, -0.05) is 84.4 Å². The molecule has 1 heterocycles. The number of benzene rings is 4. The molecule has 36 heavy (non-hydrogen) atoms. The smallest absolute Gasteiger partial charge is 0.271 e. The summed E-state index contributed by atoms with van der Waals surface area (Å²) in [4.78, 5) is 27.8. The molecule has 0 spiro atoms. The van der Waals surface area contributed by atoms with E-state index in [1.165, 1.54) is 12.1 Å².